The van der Waals surface area contributed by atoms with Crippen molar-refractivity contribution in [2.24, 2.45) is 0 Å². The highest BCUT2D eigenvalue weighted by molar-refractivity contribution is 9.10. The van der Waals surface area contributed by atoms with E-state index in [2.05, 4.69) is 26.2 Å². The minimum Gasteiger partial charge on any atom is -0.444 e. The molecule has 2 rings (SSSR count). The topological polar surface area (TPSA) is 51.2 Å². The van der Waals surface area contributed by atoms with Gasteiger partial charge in [0.15, 0.2) is 0 Å². The fraction of sp³-hybridized carbons (Fsp3) is 0.368. The van der Waals surface area contributed by atoms with E-state index in [1.807, 2.05) is 19.1 Å². The highest BCUT2D eigenvalue weighted by Gasteiger charge is 2.24. The minimum atomic E-state index is -0.674. The highest BCUT2D eigenvalue weighted by atomic mass is 79.9. The van der Waals surface area contributed by atoms with Crippen molar-refractivity contribution in [2.45, 2.75) is 45.8 Å². The molecule has 1 heterocycles. The maximum Gasteiger partial charge on any atom is 0.408 e. The van der Waals surface area contributed by atoms with Crippen molar-refractivity contribution < 1.29 is 18.3 Å². The van der Waals surface area contributed by atoms with E-state index in [9.17, 15) is 13.6 Å². The zero-order valence-electron chi connectivity index (χ0n) is 15.1. The number of amides is 1. The summed E-state index contributed by atoms with van der Waals surface area (Å²) in [5.74, 6) is -1.35. The Morgan fingerprint density at radius 3 is 2.42 bits per heavy atom. The predicted octanol–water partition coefficient (Wildman–Crippen LogP) is 5.24. The van der Waals surface area contributed by atoms with Crippen molar-refractivity contribution >= 4 is 22.0 Å². The summed E-state index contributed by atoms with van der Waals surface area (Å²) in [5, 5.41) is 2.75. The summed E-state index contributed by atoms with van der Waals surface area (Å²) >= 11 is 3.42. The number of ether oxygens (including phenoxy) is 1. The van der Waals surface area contributed by atoms with Crippen LogP contribution in [0.4, 0.5) is 13.6 Å². The Bertz CT molecular complexity index is 786. The third kappa shape index (κ3) is 6.05. The van der Waals surface area contributed by atoms with Gasteiger partial charge >= 0.3 is 6.09 Å². The number of carbonyl (C=O) groups excluding carboxylic acids is 1. The van der Waals surface area contributed by atoms with Crippen LogP contribution in [0.3, 0.4) is 0 Å². The lowest BCUT2D eigenvalue weighted by atomic mass is 10.0. The first-order valence-corrected chi connectivity index (χ1v) is 8.90. The van der Waals surface area contributed by atoms with E-state index >= 15 is 0 Å². The number of hydrogen-bond donors (Lipinski definition) is 1. The molecule has 0 aliphatic carbocycles. The van der Waals surface area contributed by atoms with Gasteiger partial charge in [-0.25, -0.2) is 13.6 Å². The average molecular weight is 427 g/mol. The Labute approximate surface area is 160 Å². The molecular weight excluding hydrogens is 406 g/mol. The Balaban J connectivity index is 2.34. The van der Waals surface area contributed by atoms with E-state index in [0.717, 1.165) is 11.8 Å². The second-order valence-electron chi connectivity index (χ2n) is 7.00. The molecule has 1 aromatic carbocycles. The van der Waals surface area contributed by atoms with Gasteiger partial charge < -0.3 is 10.1 Å². The number of rotatable bonds is 4. The van der Waals surface area contributed by atoms with Crippen molar-refractivity contribution in [1.29, 1.82) is 0 Å². The van der Waals surface area contributed by atoms with Crippen LogP contribution in [0, 0.1) is 18.6 Å². The zero-order chi connectivity index (χ0) is 19.5. The molecule has 0 radical (unpaired) electrons. The van der Waals surface area contributed by atoms with Gasteiger partial charge in [0.25, 0.3) is 0 Å². The molecule has 0 bridgehead atoms. The monoisotopic (exact) mass is 426 g/mol. The van der Waals surface area contributed by atoms with Gasteiger partial charge in [-0.1, -0.05) is 0 Å². The van der Waals surface area contributed by atoms with Crippen LogP contribution in [0.15, 0.2) is 34.8 Å². The van der Waals surface area contributed by atoms with Gasteiger partial charge in [0, 0.05) is 16.2 Å². The van der Waals surface area contributed by atoms with Gasteiger partial charge in [0.2, 0.25) is 0 Å². The van der Waals surface area contributed by atoms with Crippen LogP contribution >= 0.6 is 15.9 Å². The first-order chi connectivity index (χ1) is 12.0. The molecule has 1 N–H and O–H groups in total. The number of nitrogens with zero attached hydrogens (tertiary/aromatic N) is 1. The molecule has 0 aliphatic heterocycles. The van der Waals surface area contributed by atoms with E-state index in [0.29, 0.717) is 15.7 Å². The van der Waals surface area contributed by atoms with Gasteiger partial charge in [0.05, 0.1) is 11.7 Å². The zero-order valence-corrected chi connectivity index (χ0v) is 16.7. The number of pyridine rings is 1. The maximum absolute atomic E-state index is 13.5. The SMILES string of the molecule is Cc1ccc(Br)c([C@H](Cc2cc(F)cc(F)c2)NC(=O)OC(C)(C)C)n1. The lowest BCUT2D eigenvalue weighted by Crippen LogP contribution is -2.36. The predicted molar refractivity (Wildman–Crippen MR) is 98.8 cm³/mol. The summed E-state index contributed by atoms with van der Waals surface area (Å²) in [6.07, 6.45) is -0.474. The molecule has 0 aliphatic rings. The summed E-state index contributed by atoms with van der Waals surface area (Å²) in [6, 6.07) is 6.28. The Kier molecular flexibility index (Phi) is 6.34. The van der Waals surface area contributed by atoms with Crippen molar-refractivity contribution in [3.63, 3.8) is 0 Å². The lowest BCUT2D eigenvalue weighted by molar-refractivity contribution is 0.0502. The summed E-state index contributed by atoms with van der Waals surface area (Å²) in [7, 11) is 0. The average Bonchev–Trinajstić information content (AvgIpc) is 2.46. The number of hydrogen-bond acceptors (Lipinski definition) is 3. The fourth-order valence-corrected chi connectivity index (χ4v) is 2.93. The molecule has 1 atom stereocenters. The van der Waals surface area contributed by atoms with Gasteiger partial charge in [-0.2, -0.15) is 0 Å². The van der Waals surface area contributed by atoms with Crippen LogP contribution < -0.4 is 5.32 Å². The van der Waals surface area contributed by atoms with E-state index in [1.54, 1.807) is 20.8 Å². The fourth-order valence-electron chi connectivity index (χ4n) is 2.43. The molecule has 7 heteroatoms. The van der Waals surface area contributed by atoms with Gasteiger partial charge in [0.1, 0.15) is 17.2 Å². The second kappa shape index (κ2) is 8.12. The summed E-state index contributed by atoms with van der Waals surface area (Å²) in [4.78, 5) is 16.7. The maximum atomic E-state index is 13.5. The van der Waals surface area contributed by atoms with E-state index in [1.165, 1.54) is 12.1 Å². The number of aromatic nitrogens is 1. The molecule has 0 saturated carbocycles. The molecule has 1 amide bonds. The molecule has 0 saturated heterocycles. The van der Waals surface area contributed by atoms with E-state index < -0.39 is 29.4 Å². The molecule has 4 nitrogen and oxygen atoms in total. The number of benzene rings is 1. The largest absolute Gasteiger partial charge is 0.444 e. The Hall–Kier alpha value is -2.02. The second-order valence-corrected chi connectivity index (χ2v) is 7.85. The molecular formula is C19H21BrF2N2O2. The molecule has 26 heavy (non-hydrogen) atoms. The summed E-state index contributed by atoms with van der Waals surface area (Å²) in [5.41, 5.74) is 1.04. The number of alkyl carbamates (subject to hydrolysis) is 1. The third-order valence-corrected chi connectivity index (χ3v) is 4.07. The van der Waals surface area contributed by atoms with Crippen molar-refractivity contribution in [3.8, 4) is 0 Å². The standard InChI is InChI=1S/C19H21BrF2N2O2/c1-11-5-6-15(20)17(23-11)16(24-18(25)26-19(2,3)4)9-12-7-13(21)10-14(22)8-12/h5-8,10,16H,9H2,1-4H3,(H,24,25)/t16-/m0/s1. The normalized spacial score (nSPS) is 12.6. The van der Waals surface area contributed by atoms with Crippen LogP contribution in [0.5, 0.6) is 0 Å². The van der Waals surface area contributed by atoms with Crippen LogP contribution in [-0.2, 0) is 11.2 Å². The molecule has 2 aromatic rings. The number of halogens is 3. The van der Waals surface area contributed by atoms with Gasteiger partial charge in [-0.05, 0) is 79.9 Å². The van der Waals surface area contributed by atoms with Crippen molar-refractivity contribution in [1.82, 2.24) is 10.3 Å². The van der Waals surface area contributed by atoms with E-state index in [4.69, 9.17) is 4.74 Å². The Morgan fingerprint density at radius 1 is 1.23 bits per heavy atom. The quantitative estimate of drug-likeness (QED) is 0.726. The molecule has 140 valence electrons. The first-order valence-electron chi connectivity index (χ1n) is 8.11. The number of nitrogens with one attached hydrogen (secondary N) is 1. The van der Waals surface area contributed by atoms with Gasteiger partial charge in [-0.3, -0.25) is 4.98 Å². The molecule has 0 spiro atoms. The minimum absolute atomic E-state index is 0.156. The summed E-state index contributed by atoms with van der Waals surface area (Å²) in [6.45, 7) is 7.08. The third-order valence-electron chi connectivity index (χ3n) is 3.40. The van der Waals surface area contributed by atoms with Gasteiger partial charge in [-0.15, -0.1) is 0 Å². The molecule has 0 unspecified atom stereocenters. The molecule has 1 aromatic heterocycles. The highest BCUT2D eigenvalue weighted by Crippen LogP contribution is 2.26. The first kappa shape index (κ1) is 20.3. The summed E-state index contributed by atoms with van der Waals surface area (Å²) < 4.78 is 33.0. The van der Waals surface area contributed by atoms with E-state index in [-0.39, 0.29) is 6.42 Å². The van der Waals surface area contributed by atoms with Crippen molar-refractivity contribution in [3.05, 3.63) is 63.4 Å². The Morgan fingerprint density at radius 2 is 1.85 bits per heavy atom. The van der Waals surface area contributed by atoms with Crippen LogP contribution in [-0.4, -0.2) is 16.7 Å². The smallest absolute Gasteiger partial charge is 0.408 e. The van der Waals surface area contributed by atoms with Crippen LogP contribution in [0.25, 0.3) is 0 Å². The van der Waals surface area contributed by atoms with Crippen LogP contribution in [0.1, 0.15) is 43.8 Å². The van der Waals surface area contributed by atoms with Crippen molar-refractivity contribution in [2.75, 3.05) is 0 Å². The van der Waals surface area contributed by atoms with Crippen LogP contribution in [0.2, 0.25) is 0 Å². The number of aryl methyl sites for hydroxylation is 1. The lowest BCUT2D eigenvalue weighted by Gasteiger charge is -2.24. The number of carbonyl (C=O) groups is 1. The molecule has 0 fully saturated rings.